The lowest BCUT2D eigenvalue weighted by Gasteiger charge is -2.25. The molecule has 1 fully saturated rings. The number of nitrogens with two attached hydrogens (primary N) is 1. The number of benzene rings is 1. The van der Waals surface area contributed by atoms with Crippen molar-refractivity contribution in [3.8, 4) is 0 Å². The first-order valence-electron chi connectivity index (χ1n) is 6.14. The standard InChI is InChI=1S/C13H17FN2O2/c14-10-7-12(11(15)6-9(10)13(17)18)16-5-4-8-2-1-3-8/h6-8,16H,1-5,15H2,(H,17,18). The number of hydrogen-bond acceptors (Lipinski definition) is 3. The van der Waals surface area contributed by atoms with Crippen molar-refractivity contribution in [1.29, 1.82) is 0 Å². The van der Waals surface area contributed by atoms with Crippen LogP contribution in [0.3, 0.4) is 0 Å². The molecule has 1 aromatic rings. The van der Waals surface area contributed by atoms with Crippen LogP contribution in [0, 0.1) is 11.7 Å². The second-order valence-corrected chi connectivity index (χ2v) is 4.74. The van der Waals surface area contributed by atoms with Crippen molar-refractivity contribution in [2.75, 3.05) is 17.6 Å². The Hall–Kier alpha value is -1.78. The molecule has 5 heteroatoms. The lowest BCUT2D eigenvalue weighted by Crippen LogP contribution is -2.16. The summed E-state index contributed by atoms with van der Waals surface area (Å²) in [7, 11) is 0. The molecule has 0 saturated heterocycles. The van der Waals surface area contributed by atoms with Crippen molar-refractivity contribution in [1.82, 2.24) is 0 Å². The molecule has 0 aromatic heterocycles. The largest absolute Gasteiger partial charge is 0.478 e. The summed E-state index contributed by atoms with van der Waals surface area (Å²) in [5, 5.41) is 11.8. The molecule has 0 heterocycles. The molecule has 1 aliphatic rings. The van der Waals surface area contributed by atoms with Gasteiger partial charge < -0.3 is 16.2 Å². The van der Waals surface area contributed by atoms with Crippen molar-refractivity contribution < 1.29 is 14.3 Å². The van der Waals surface area contributed by atoms with Crippen molar-refractivity contribution in [2.45, 2.75) is 25.7 Å². The van der Waals surface area contributed by atoms with Crippen LogP contribution in [0.1, 0.15) is 36.0 Å². The zero-order valence-electron chi connectivity index (χ0n) is 10.1. The Labute approximate surface area is 105 Å². The van der Waals surface area contributed by atoms with E-state index in [2.05, 4.69) is 5.32 Å². The molecule has 0 amide bonds. The van der Waals surface area contributed by atoms with Gasteiger partial charge >= 0.3 is 5.97 Å². The number of nitrogens with one attached hydrogen (secondary N) is 1. The number of aromatic carboxylic acids is 1. The summed E-state index contributed by atoms with van der Waals surface area (Å²) in [6, 6.07) is 2.31. The quantitative estimate of drug-likeness (QED) is 0.704. The van der Waals surface area contributed by atoms with E-state index in [0.717, 1.165) is 31.0 Å². The number of carbonyl (C=O) groups is 1. The smallest absolute Gasteiger partial charge is 0.338 e. The van der Waals surface area contributed by atoms with Crippen LogP contribution in [0.25, 0.3) is 0 Å². The summed E-state index contributed by atoms with van der Waals surface area (Å²) in [5.41, 5.74) is 6.04. The predicted molar refractivity (Wildman–Crippen MR) is 68.2 cm³/mol. The molecule has 0 spiro atoms. The van der Waals surface area contributed by atoms with Crippen LogP contribution in [-0.2, 0) is 0 Å². The summed E-state index contributed by atoms with van der Waals surface area (Å²) < 4.78 is 13.5. The first-order chi connectivity index (χ1) is 8.58. The first kappa shape index (κ1) is 12.7. The van der Waals surface area contributed by atoms with E-state index in [-0.39, 0.29) is 5.69 Å². The third-order valence-corrected chi connectivity index (χ3v) is 3.46. The summed E-state index contributed by atoms with van der Waals surface area (Å²) in [4.78, 5) is 10.7. The molecule has 18 heavy (non-hydrogen) atoms. The van der Waals surface area contributed by atoms with E-state index in [9.17, 15) is 9.18 Å². The van der Waals surface area contributed by atoms with E-state index in [1.165, 1.54) is 19.3 Å². The van der Waals surface area contributed by atoms with Gasteiger partial charge in [0.15, 0.2) is 0 Å². The zero-order chi connectivity index (χ0) is 13.1. The van der Waals surface area contributed by atoms with Crippen LogP contribution in [0.4, 0.5) is 15.8 Å². The minimum Gasteiger partial charge on any atom is -0.478 e. The van der Waals surface area contributed by atoms with E-state index in [1.54, 1.807) is 0 Å². The molecule has 1 aliphatic carbocycles. The monoisotopic (exact) mass is 252 g/mol. The normalized spacial score (nSPS) is 15.2. The van der Waals surface area contributed by atoms with E-state index < -0.39 is 17.3 Å². The second kappa shape index (κ2) is 5.25. The SMILES string of the molecule is Nc1cc(C(=O)O)c(F)cc1NCCC1CCC1. The van der Waals surface area contributed by atoms with Crippen LogP contribution in [0.15, 0.2) is 12.1 Å². The molecular weight excluding hydrogens is 235 g/mol. The molecule has 98 valence electrons. The van der Waals surface area contributed by atoms with Gasteiger partial charge in [0.05, 0.1) is 16.9 Å². The summed E-state index contributed by atoms with van der Waals surface area (Å²) in [6.07, 6.45) is 4.88. The highest BCUT2D eigenvalue weighted by molar-refractivity contribution is 5.90. The minimum absolute atomic E-state index is 0.266. The van der Waals surface area contributed by atoms with Crippen LogP contribution >= 0.6 is 0 Å². The average Bonchev–Trinajstić information content (AvgIpc) is 2.25. The molecule has 0 atom stereocenters. The van der Waals surface area contributed by atoms with Gasteiger partial charge in [-0.25, -0.2) is 9.18 Å². The Morgan fingerprint density at radius 3 is 2.78 bits per heavy atom. The maximum Gasteiger partial charge on any atom is 0.338 e. The predicted octanol–water partition coefficient (Wildman–Crippen LogP) is 2.71. The van der Waals surface area contributed by atoms with Gasteiger partial charge in [0, 0.05) is 6.54 Å². The number of rotatable bonds is 5. The van der Waals surface area contributed by atoms with Crippen LogP contribution in [0.5, 0.6) is 0 Å². The maximum absolute atomic E-state index is 13.5. The van der Waals surface area contributed by atoms with Crippen molar-refractivity contribution >= 4 is 17.3 Å². The summed E-state index contributed by atoms with van der Waals surface area (Å²) in [5.74, 6) is -1.30. The van der Waals surface area contributed by atoms with Crippen molar-refractivity contribution in [2.24, 2.45) is 5.92 Å². The van der Waals surface area contributed by atoms with E-state index in [0.29, 0.717) is 5.69 Å². The Morgan fingerprint density at radius 2 is 2.22 bits per heavy atom. The Balaban J connectivity index is 1.99. The lowest BCUT2D eigenvalue weighted by molar-refractivity contribution is 0.0692. The van der Waals surface area contributed by atoms with Crippen LogP contribution in [-0.4, -0.2) is 17.6 Å². The topological polar surface area (TPSA) is 75.4 Å². The zero-order valence-corrected chi connectivity index (χ0v) is 10.1. The number of hydrogen-bond donors (Lipinski definition) is 3. The van der Waals surface area contributed by atoms with Crippen molar-refractivity contribution in [3.05, 3.63) is 23.5 Å². The van der Waals surface area contributed by atoms with Crippen LogP contribution < -0.4 is 11.1 Å². The molecule has 1 aromatic carbocycles. The molecule has 1 saturated carbocycles. The average molecular weight is 252 g/mol. The molecular formula is C13H17FN2O2. The molecule has 2 rings (SSSR count). The number of anilines is 2. The first-order valence-corrected chi connectivity index (χ1v) is 6.14. The van der Waals surface area contributed by atoms with Crippen molar-refractivity contribution in [3.63, 3.8) is 0 Å². The third-order valence-electron chi connectivity index (χ3n) is 3.46. The lowest BCUT2D eigenvalue weighted by atomic mass is 9.83. The highest BCUT2D eigenvalue weighted by Crippen LogP contribution is 2.30. The Morgan fingerprint density at radius 1 is 1.50 bits per heavy atom. The fourth-order valence-electron chi connectivity index (χ4n) is 2.10. The third kappa shape index (κ3) is 2.72. The van der Waals surface area contributed by atoms with Gasteiger partial charge in [0.25, 0.3) is 0 Å². The highest BCUT2D eigenvalue weighted by Gasteiger charge is 2.17. The second-order valence-electron chi connectivity index (χ2n) is 4.74. The van der Waals surface area contributed by atoms with Gasteiger partial charge in [0.2, 0.25) is 0 Å². The Bertz CT molecular complexity index is 459. The summed E-state index contributed by atoms with van der Waals surface area (Å²) >= 11 is 0. The number of carboxylic acids is 1. The molecule has 0 aliphatic heterocycles. The number of carboxylic acid groups (broad SMARTS) is 1. The molecule has 4 nitrogen and oxygen atoms in total. The van der Waals surface area contributed by atoms with E-state index in [1.807, 2.05) is 0 Å². The van der Waals surface area contributed by atoms with Gasteiger partial charge in [-0.2, -0.15) is 0 Å². The Kier molecular flexibility index (Phi) is 3.69. The fraction of sp³-hybridized carbons (Fsp3) is 0.462. The molecule has 0 radical (unpaired) electrons. The molecule has 0 unspecified atom stereocenters. The fourth-order valence-corrected chi connectivity index (χ4v) is 2.10. The van der Waals surface area contributed by atoms with E-state index in [4.69, 9.17) is 10.8 Å². The maximum atomic E-state index is 13.5. The minimum atomic E-state index is -1.31. The van der Waals surface area contributed by atoms with Gasteiger partial charge in [-0.05, 0) is 24.5 Å². The van der Waals surface area contributed by atoms with Gasteiger partial charge in [0.1, 0.15) is 5.82 Å². The number of halogens is 1. The molecule has 4 N–H and O–H groups in total. The van der Waals surface area contributed by atoms with E-state index >= 15 is 0 Å². The highest BCUT2D eigenvalue weighted by atomic mass is 19.1. The van der Waals surface area contributed by atoms with Gasteiger partial charge in [-0.3, -0.25) is 0 Å². The molecule has 0 bridgehead atoms. The van der Waals surface area contributed by atoms with Gasteiger partial charge in [-0.1, -0.05) is 19.3 Å². The van der Waals surface area contributed by atoms with Crippen LogP contribution in [0.2, 0.25) is 0 Å². The number of nitrogen functional groups attached to an aromatic ring is 1. The summed E-state index contributed by atoms with van der Waals surface area (Å²) in [6.45, 7) is 0.737. The van der Waals surface area contributed by atoms with Gasteiger partial charge in [-0.15, -0.1) is 0 Å².